The van der Waals surface area contributed by atoms with Crippen molar-refractivity contribution < 1.29 is 41.0 Å². The maximum absolute atomic E-state index is 16.6. The van der Waals surface area contributed by atoms with E-state index in [0.29, 0.717) is 17.2 Å². The van der Waals surface area contributed by atoms with Crippen molar-refractivity contribution in [2.75, 3.05) is 0 Å². The van der Waals surface area contributed by atoms with E-state index in [4.69, 9.17) is 0 Å². The van der Waals surface area contributed by atoms with E-state index in [1.54, 1.807) is 20.0 Å². The van der Waals surface area contributed by atoms with Crippen LogP contribution in [0.1, 0.15) is 79.1 Å². The standard InChI is InChI=1S/C37H36F6N4O4/c1-6-7-23-15-26(32-21(4)13-25(38)14-22(32)5)35(40)33(34(23)39)28(17-31(49)50)45-36(51)29(12-20(2)3)47-18-24(8-10-46-11-9-44-19-46)27(16-30(47)48)37(41,42)43/h9,11,13-16,18-20,28-29H,8,10,12,17H2,1-5H3,(H,45,51)(H,49,50)/t28-,29-/m0/s1. The number of benzene rings is 2. The molecule has 2 aromatic heterocycles. The zero-order chi connectivity index (χ0) is 37.8. The van der Waals surface area contributed by atoms with Gasteiger partial charge in [-0.3, -0.25) is 14.4 Å². The van der Waals surface area contributed by atoms with Gasteiger partial charge in [0.2, 0.25) is 5.91 Å². The number of hydrogen-bond donors (Lipinski definition) is 2. The van der Waals surface area contributed by atoms with Crippen LogP contribution in [0.3, 0.4) is 0 Å². The van der Waals surface area contributed by atoms with Crippen molar-refractivity contribution in [1.82, 2.24) is 19.4 Å². The van der Waals surface area contributed by atoms with Crippen LogP contribution in [0.25, 0.3) is 11.1 Å². The molecule has 0 bridgehead atoms. The summed E-state index contributed by atoms with van der Waals surface area (Å²) in [6.45, 7) is 7.87. The molecule has 2 heterocycles. The molecule has 51 heavy (non-hydrogen) atoms. The number of nitrogens with zero attached hydrogens (tertiary/aromatic N) is 3. The Bertz CT molecular complexity index is 2040. The minimum Gasteiger partial charge on any atom is -0.481 e. The molecule has 4 rings (SSSR count). The van der Waals surface area contributed by atoms with Gasteiger partial charge in [0, 0.05) is 42.3 Å². The number of aryl methyl sites for hydroxylation is 4. The predicted octanol–water partition coefficient (Wildman–Crippen LogP) is 7.30. The molecule has 1 amide bonds. The zero-order valence-corrected chi connectivity index (χ0v) is 28.5. The maximum Gasteiger partial charge on any atom is 0.416 e. The molecule has 2 N–H and O–H groups in total. The van der Waals surface area contributed by atoms with Crippen LogP contribution in [0.2, 0.25) is 0 Å². The SMILES string of the molecule is CC#Cc1cc(-c2c(C)cc(F)cc2C)c(F)c([C@H](CC(=O)O)NC(=O)[C@H](CC(C)C)n2cc(CCn3ccnc3)c(C(F)(F)F)cc2=O)c1F. The van der Waals surface area contributed by atoms with Gasteiger partial charge in [-0.25, -0.2) is 18.2 Å². The molecule has 0 saturated carbocycles. The first-order valence-electron chi connectivity index (χ1n) is 15.9. The Labute approximate surface area is 290 Å². The average molecular weight is 715 g/mol. The van der Waals surface area contributed by atoms with Crippen LogP contribution in [0.15, 0.2) is 54.0 Å². The second kappa shape index (κ2) is 15.7. The molecule has 0 unspecified atom stereocenters. The minimum absolute atomic E-state index is 0.0634. The lowest BCUT2D eigenvalue weighted by molar-refractivity contribution is -0.139. The van der Waals surface area contributed by atoms with E-state index in [9.17, 15) is 37.1 Å². The first-order chi connectivity index (χ1) is 23.9. The topological polar surface area (TPSA) is 106 Å². The Morgan fingerprint density at radius 3 is 2.25 bits per heavy atom. The van der Waals surface area contributed by atoms with Crippen LogP contribution >= 0.6 is 0 Å². The number of nitrogens with one attached hydrogen (secondary N) is 1. The quantitative estimate of drug-likeness (QED) is 0.118. The highest BCUT2D eigenvalue weighted by molar-refractivity contribution is 5.82. The van der Waals surface area contributed by atoms with Crippen LogP contribution in [0.5, 0.6) is 0 Å². The number of hydrogen-bond acceptors (Lipinski definition) is 4. The van der Waals surface area contributed by atoms with E-state index in [-0.39, 0.29) is 47.6 Å². The van der Waals surface area contributed by atoms with Crippen molar-refractivity contribution in [1.29, 1.82) is 0 Å². The highest BCUT2D eigenvalue weighted by Crippen LogP contribution is 2.38. The normalized spacial score (nSPS) is 12.7. The molecule has 0 radical (unpaired) electrons. The summed E-state index contributed by atoms with van der Waals surface area (Å²) in [4.78, 5) is 43.3. The molecule has 0 saturated heterocycles. The Morgan fingerprint density at radius 1 is 1.04 bits per heavy atom. The van der Waals surface area contributed by atoms with Gasteiger partial charge in [0.25, 0.3) is 5.56 Å². The van der Waals surface area contributed by atoms with E-state index in [0.717, 1.165) is 29.0 Å². The van der Waals surface area contributed by atoms with Gasteiger partial charge >= 0.3 is 12.1 Å². The van der Waals surface area contributed by atoms with Crippen LogP contribution in [0.4, 0.5) is 26.3 Å². The molecule has 0 aliphatic rings. The molecular weight excluding hydrogens is 678 g/mol. The fourth-order valence-electron chi connectivity index (χ4n) is 6.13. The van der Waals surface area contributed by atoms with Crippen molar-refractivity contribution in [3.8, 4) is 23.0 Å². The second-order valence-electron chi connectivity index (χ2n) is 12.6. The van der Waals surface area contributed by atoms with E-state index in [2.05, 4.69) is 22.1 Å². The average Bonchev–Trinajstić information content (AvgIpc) is 3.54. The Balaban J connectivity index is 1.87. The van der Waals surface area contributed by atoms with Crippen LogP contribution < -0.4 is 10.9 Å². The number of aromatic nitrogens is 3. The van der Waals surface area contributed by atoms with Crippen LogP contribution in [-0.4, -0.2) is 31.1 Å². The minimum atomic E-state index is -4.90. The fraction of sp³-hybridized carbons (Fsp3) is 0.351. The molecule has 0 spiro atoms. The van der Waals surface area contributed by atoms with Crippen LogP contribution in [-0.2, 0) is 28.7 Å². The van der Waals surface area contributed by atoms with Gasteiger partial charge in [-0.2, -0.15) is 13.2 Å². The number of aliphatic carboxylic acids is 1. The Hall–Kier alpha value is -5.32. The monoisotopic (exact) mass is 714 g/mol. The van der Waals surface area contributed by atoms with Gasteiger partial charge in [0.1, 0.15) is 23.5 Å². The molecule has 270 valence electrons. The highest BCUT2D eigenvalue weighted by Gasteiger charge is 2.36. The van der Waals surface area contributed by atoms with E-state index >= 15 is 8.78 Å². The number of carbonyl (C=O) groups excluding carboxylic acids is 1. The summed E-state index contributed by atoms with van der Waals surface area (Å²) in [7, 11) is 0. The largest absolute Gasteiger partial charge is 0.481 e. The zero-order valence-electron chi connectivity index (χ0n) is 28.5. The highest BCUT2D eigenvalue weighted by atomic mass is 19.4. The molecule has 2 aromatic carbocycles. The molecule has 14 heteroatoms. The third kappa shape index (κ3) is 8.89. The fourth-order valence-corrected chi connectivity index (χ4v) is 6.13. The van der Waals surface area contributed by atoms with Crippen LogP contribution in [0, 0.1) is 49.1 Å². The van der Waals surface area contributed by atoms with E-state index in [1.165, 1.54) is 37.9 Å². The molecule has 0 aliphatic heterocycles. The van der Waals surface area contributed by atoms with Gasteiger partial charge < -0.3 is 19.6 Å². The number of halogens is 6. The molecule has 0 fully saturated rings. The molecule has 0 aliphatic carbocycles. The van der Waals surface area contributed by atoms with Crippen molar-refractivity contribution >= 4 is 11.9 Å². The summed E-state index contributed by atoms with van der Waals surface area (Å²) in [5.41, 5.74) is -3.24. The summed E-state index contributed by atoms with van der Waals surface area (Å²) < 4.78 is 91.4. The lowest BCUT2D eigenvalue weighted by Crippen LogP contribution is -2.41. The van der Waals surface area contributed by atoms with Crippen molar-refractivity contribution in [2.45, 2.75) is 78.7 Å². The Kier molecular flexibility index (Phi) is 11.8. The summed E-state index contributed by atoms with van der Waals surface area (Å²) >= 11 is 0. The lowest BCUT2D eigenvalue weighted by Gasteiger charge is -2.27. The van der Waals surface area contributed by atoms with E-state index in [1.807, 2.05) is 0 Å². The number of rotatable bonds is 12. The third-order valence-corrected chi connectivity index (χ3v) is 8.30. The van der Waals surface area contributed by atoms with Crippen molar-refractivity contribution in [3.63, 3.8) is 0 Å². The second-order valence-corrected chi connectivity index (χ2v) is 12.6. The summed E-state index contributed by atoms with van der Waals surface area (Å²) in [6, 6.07) is 0.433. The van der Waals surface area contributed by atoms with Gasteiger partial charge in [-0.1, -0.05) is 19.8 Å². The molecule has 2 atom stereocenters. The lowest BCUT2D eigenvalue weighted by atomic mass is 9.89. The van der Waals surface area contributed by atoms with Crippen molar-refractivity contribution in [2.24, 2.45) is 5.92 Å². The number of carboxylic acid groups (broad SMARTS) is 1. The van der Waals surface area contributed by atoms with Gasteiger partial charge in [-0.15, -0.1) is 5.92 Å². The number of pyridine rings is 1. The predicted molar refractivity (Wildman–Crippen MR) is 177 cm³/mol. The van der Waals surface area contributed by atoms with E-state index < -0.39 is 70.7 Å². The first-order valence-corrected chi connectivity index (χ1v) is 15.9. The number of amides is 1. The number of imidazole rings is 1. The summed E-state index contributed by atoms with van der Waals surface area (Å²) in [5, 5.41) is 12.2. The van der Waals surface area contributed by atoms with Gasteiger partial charge in [0.15, 0.2) is 0 Å². The first kappa shape index (κ1) is 38.5. The number of carboxylic acids is 1. The smallest absolute Gasteiger partial charge is 0.416 e. The number of carbonyl (C=O) groups is 2. The third-order valence-electron chi connectivity index (χ3n) is 8.30. The number of alkyl halides is 3. The van der Waals surface area contributed by atoms with Gasteiger partial charge in [0.05, 0.1) is 29.9 Å². The maximum atomic E-state index is 16.6. The summed E-state index contributed by atoms with van der Waals surface area (Å²) in [6.07, 6.45) is -0.879. The Morgan fingerprint density at radius 2 is 1.71 bits per heavy atom. The summed E-state index contributed by atoms with van der Waals surface area (Å²) in [5.74, 6) is -0.958. The van der Waals surface area contributed by atoms with Crippen molar-refractivity contribution in [3.05, 3.63) is 110 Å². The molecule has 4 aromatic rings. The molecule has 8 nitrogen and oxygen atoms in total. The van der Waals surface area contributed by atoms with Gasteiger partial charge in [-0.05, 0) is 80.0 Å². The molecular formula is C37H36F6N4O4.